The molecular weight excluding hydrogens is 204 g/mol. The molecule has 1 rings (SSSR count). The maximum Gasteiger partial charge on any atom is 0.309 e. The normalized spacial score (nSPS) is 30.4. The van der Waals surface area contributed by atoms with Gasteiger partial charge in [0.15, 0.2) is 0 Å². The fourth-order valence-corrected chi connectivity index (χ4v) is 2.51. The van der Waals surface area contributed by atoms with Gasteiger partial charge in [0.2, 0.25) is 0 Å². The van der Waals surface area contributed by atoms with Gasteiger partial charge in [-0.3, -0.25) is 4.79 Å². The minimum Gasteiger partial charge on any atom is -0.460 e. The van der Waals surface area contributed by atoms with Crippen molar-refractivity contribution in [3.63, 3.8) is 0 Å². The molecule has 3 nitrogen and oxygen atoms in total. The number of aliphatic hydroxyl groups excluding tert-OH is 1. The molecule has 1 fully saturated rings. The first-order valence-electron chi connectivity index (χ1n) is 6.21. The van der Waals surface area contributed by atoms with E-state index in [1.165, 1.54) is 0 Å². The lowest BCUT2D eigenvalue weighted by Crippen LogP contribution is -2.30. The second kappa shape index (κ2) is 5.17. The molecule has 0 aromatic carbocycles. The van der Waals surface area contributed by atoms with Crippen LogP contribution in [0.25, 0.3) is 0 Å². The topological polar surface area (TPSA) is 46.5 Å². The van der Waals surface area contributed by atoms with Crippen molar-refractivity contribution in [2.75, 3.05) is 6.61 Å². The average molecular weight is 228 g/mol. The fraction of sp³-hybridized carbons (Fsp3) is 0.923. The van der Waals surface area contributed by atoms with Crippen molar-refractivity contribution in [3.05, 3.63) is 0 Å². The highest BCUT2D eigenvalue weighted by atomic mass is 16.6. The van der Waals surface area contributed by atoms with Crippen LogP contribution in [0.15, 0.2) is 0 Å². The van der Waals surface area contributed by atoms with E-state index in [1.54, 1.807) is 0 Å². The van der Waals surface area contributed by atoms with Crippen LogP contribution >= 0.6 is 0 Å². The molecule has 1 aliphatic carbocycles. The lowest BCUT2D eigenvalue weighted by atomic mass is 9.93. The molecule has 0 spiro atoms. The number of hydrogen-bond donors (Lipinski definition) is 1. The van der Waals surface area contributed by atoms with Crippen LogP contribution in [0.2, 0.25) is 0 Å². The molecular formula is C13H24O3. The predicted molar refractivity (Wildman–Crippen MR) is 62.9 cm³/mol. The summed E-state index contributed by atoms with van der Waals surface area (Å²) in [6.45, 7) is 7.97. The Balaban J connectivity index is 2.61. The summed E-state index contributed by atoms with van der Waals surface area (Å²) >= 11 is 0. The predicted octanol–water partition coefficient (Wildman–Crippen LogP) is 2.37. The Morgan fingerprint density at radius 1 is 1.38 bits per heavy atom. The van der Waals surface area contributed by atoms with Crippen LogP contribution < -0.4 is 0 Å². The van der Waals surface area contributed by atoms with E-state index < -0.39 is 5.60 Å². The van der Waals surface area contributed by atoms with Crippen molar-refractivity contribution in [2.24, 2.45) is 17.8 Å². The van der Waals surface area contributed by atoms with E-state index in [9.17, 15) is 4.79 Å². The Morgan fingerprint density at radius 3 is 2.44 bits per heavy atom. The summed E-state index contributed by atoms with van der Waals surface area (Å²) in [4.78, 5) is 12.0. The highest BCUT2D eigenvalue weighted by molar-refractivity contribution is 5.73. The van der Waals surface area contributed by atoms with Crippen molar-refractivity contribution in [1.29, 1.82) is 0 Å². The number of carbonyl (C=O) groups excluding carboxylic acids is 1. The molecule has 0 saturated heterocycles. The van der Waals surface area contributed by atoms with Gasteiger partial charge in [-0.25, -0.2) is 0 Å². The Labute approximate surface area is 98.2 Å². The molecule has 0 heterocycles. The van der Waals surface area contributed by atoms with Crippen molar-refractivity contribution >= 4 is 5.97 Å². The number of carbonyl (C=O) groups is 1. The summed E-state index contributed by atoms with van der Waals surface area (Å²) in [6, 6.07) is 0. The Kier molecular flexibility index (Phi) is 4.36. The number of ether oxygens (including phenoxy) is 1. The molecule has 0 aliphatic heterocycles. The van der Waals surface area contributed by atoms with Gasteiger partial charge in [-0.05, 0) is 45.4 Å². The van der Waals surface area contributed by atoms with E-state index in [0.29, 0.717) is 5.92 Å². The number of rotatable bonds is 3. The monoisotopic (exact) mass is 228 g/mol. The summed E-state index contributed by atoms with van der Waals surface area (Å²) in [5.74, 6) is 0.561. The lowest BCUT2D eigenvalue weighted by Gasteiger charge is -2.24. The number of hydrogen-bond acceptors (Lipinski definition) is 3. The van der Waals surface area contributed by atoms with E-state index in [4.69, 9.17) is 9.84 Å². The molecule has 3 heteroatoms. The van der Waals surface area contributed by atoms with Crippen molar-refractivity contribution in [1.82, 2.24) is 0 Å². The second-order valence-corrected chi connectivity index (χ2v) is 5.83. The Bertz CT molecular complexity index is 242. The van der Waals surface area contributed by atoms with Gasteiger partial charge in [0, 0.05) is 6.61 Å². The lowest BCUT2D eigenvalue weighted by molar-refractivity contribution is -0.161. The molecule has 1 saturated carbocycles. The Morgan fingerprint density at radius 2 is 2.00 bits per heavy atom. The van der Waals surface area contributed by atoms with Gasteiger partial charge in [0.25, 0.3) is 0 Å². The highest BCUT2D eigenvalue weighted by Gasteiger charge is 2.39. The molecule has 1 N–H and O–H groups in total. The zero-order valence-electron chi connectivity index (χ0n) is 10.8. The first-order valence-corrected chi connectivity index (χ1v) is 6.21. The first-order chi connectivity index (χ1) is 7.37. The number of aliphatic hydroxyl groups is 1. The van der Waals surface area contributed by atoms with Gasteiger partial charge in [-0.15, -0.1) is 0 Å². The van der Waals surface area contributed by atoms with E-state index >= 15 is 0 Å². The molecule has 0 aromatic rings. The zero-order chi connectivity index (χ0) is 12.3. The van der Waals surface area contributed by atoms with Gasteiger partial charge < -0.3 is 9.84 Å². The summed E-state index contributed by atoms with van der Waals surface area (Å²) in [5, 5.41) is 9.16. The summed E-state index contributed by atoms with van der Waals surface area (Å²) in [5.41, 5.74) is -0.410. The zero-order valence-corrected chi connectivity index (χ0v) is 10.8. The minimum absolute atomic E-state index is 0.0126. The Hall–Kier alpha value is -0.570. The van der Waals surface area contributed by atoms with Crippen LogP contribution in [0, 0.1) is 17.8 Å². The van der Waals surface area contributed by atoms with Crippen molar-refractivity contribution < 1.29 is 14.6 Å². The highest BCUT2D eigenvalue weighted by Crippen LogP contribution is 2.39. The molecule has 3 atom stereocenters. The minimum atomic E-state index is -0.410. The SMILES string of the molecule is CCC1CC(CO)CC1C(=O)OC(C)(C)C. The molecule has 0 radical (unpaired) electrons. The van der Waals surface area contributed by atoms with Crippen LogP contribution in [-0.4, -0.2) is 23.3 Å². The van der Waals surface area contributed by atoms with Gasteiger partial charge in [-0.2, -0.15) is 0 Å². The second-order valence-electron chi connectivity index (χ2n) is 5.83. The van der Waals surface area contributed by atoms with E-state index in [0.717, 1.165) is 19.3 Å². The molecule has 0 aromatic heterocycles. The van der Waals surface area contributed by atoms with E-state index in [2.05, 4.69) is 6.92 Å². The third kappa shape index (κ3) is 3.48. The van der Waals surface area contributed by atoms with Crippen molar-refractivity contribution in [2.45, 2.75) is 52.6 Å². The van der Waals surface area contributed by atoms with Crippen LogP contribution in [0.4, 0.5) is 0 Å². The standard InChI is InChI=1S/C13H24O3/c1-5-10-6-9(8-14)7-11(10)12(15)16-13(2,3)4/h9-11,14H,5-8H2,1-4H3. The average Bonchev–Trinajstić information content (AvgIpc) is 2.58. The van der Waals surface area contributed by atoms with E-state index in [1.807, 2.05) is 20.8 Å². The molecule has 94 valence electrons. The quantitative estimate of drug-likeness (QED) is 0.754. The number of esters is 1. The van der Waals surface area contributed by atoms with E-state index in [-0.39, 0.29) is 24.4 Å². The van der Waals surface area contributed by atoms with Gasteiger partial charge in [0.1, 0.15) is 5.60 Å². The summed E-state index contributed by atoms with van der Waals surface area (Å²) in [6.07, 6.45) is 2.72. The van der Waals surface area contributed by atoms with Crippen LogP contribution in [0.3, 0.4) is 0 Å². The van der Waals surface area contributed by atoms with Gasteiger partial charge >= 0.3 is 5.97 Å². The molecule has 16 heavy (non-hydrogen) atoms. The maximum absolute atomic E-state index is 12.0. The third-order valence-electron chi connectivity index (χ3n) is 3.28. The van der Waals surface area contributed by atoms with Crippen LogP contribution in [0.1, 0.15) is 47.0 Å². The third-order valence-corrected chi connectivity index (χ3v) is 3.28. The molecule has 0 bridgehead atoms. The smallest absolute Gasteiger partial charge is 0.309 e. The molecule has 0 amide bonds. The van der Waals surface area contributed by atoms with Crippen LogP contribution in [0.5, 0.6) is 0 Å². The summed E-state index contributed by atoms with van der Waals surface area (Å²) in [7, 11) is 0. The fourth-order valence-electron chi connectivity index (χ4n) is 2.51. The molecule has 3 unspecified atom stereocenters. The van der Waals surface area contributed by atoms with Gasteiger partial charge in [-0.1, -0.05) is 13.3 Å². The maximum atomic E-state index is 12.0. The van der Waals surface area contributed by atoms with Crippen molar-refractivity contribution in [3.8, 4) is 0 Å². The summed E-state index contributed by atoms with van der Waals surface area (Å²) < 4.78 is 5.43. The van der Waals surface area contributed by atoms with Gasteiger partial charge in [0.05, 0.1) is 5.92 Å². The first kappa shape index (κ1) is 13.5. The largest absolute Gasteiger partial charge is 0.460 e. The molecule has 1 aliphatic rings. The van der Waals surface area contributed by atoms with Crippen LogP contribution in [-0.2, 0) is 9.53 Å².